The molecule has 2 aromatic carbocycles. The summed E-state index contributed by atoms with van der Waals surface area (Å²) in [4.78, 5) is 27.8. The number of morpholine rings is 1. The Hall–Kier alpha value is -3.42. The number of ether oxygens (including phenoxy) is 1. The molecule has 0 saturated carbocycles. The van der Waals surface area contributed by atoms with Gasteiger partial charge in [-0.2, -0.15) is 0 Å². The molecule has 1 aliphatic heterocycles. The van der Waals surface area contributed by atoms with Gasteiger partial charge in [-0.25, -0.2) is 4.79 Å². The summed E-state index contributed by atoms with van der Waals surface area (Å²) in [5.74, 6) is -0.137. The molecule has 7 nitrogen and oxygen atoms in total. The summed E-state index contributed by atoms with van der Waals surface area (Å²) in [6, 6.07) is 9.92. The number of furan rings is 1. The first-order valence-electron chi connectivity index (χ1n) is 12.0. The van der Waals surface area contributed by atoms with Gasteiger partial charge in [-0.15, -0.1) is 0 Å². The highest BCUT2D eigenvalue weighted by molar-refractivity contribution is 5.99. The molecular formula is C28H30N2O5. The number of nitrogens with zero attached hydrogens (tertiary/aromatic N) is 1. The molecule has 0 radical (unpaired) electrons. The molecule has 1 fully saturated rings. The van der Waals surface area contributed by atoms with Crippen LogP contribution < -0.4 is 10.9 Å². The van der Waals surface area contributed by atoms with Crippen LogP contribution in [0.1, 0.15) is 34.2 Å². The van der Waals surface area contributed by atoms with Crippen LogP contribution in [0.3, 0.4) is 0 Å². The zero-order chi connectivity index (χ0) is 24.5. The van der Waals surface area contributed by atoms with E-state index in [4.69, 9.17) is 13.6 Å². The third-order valence-electron chi connectivity index (χ3n) is 6.88. The fraction of sp³-hybridized carbons (Fsp3) is 0.357. The maximum absolute atomic E-state index is 12.8. The molecule has 1 saturated heterocycles. The Balaban J connectivity index is 1.27. The van der Waals surface area contributed by atoms with Crippen molar-refractivity contribution in [3.63, 3.8) is 0 Å². The number of rotatable bonds is 6. The highest BCUT2D eigenvalue weighted by atomic mass is 16.5. The Bertz CT molecular complexity index is 1440. The topological polar surface area (TPSA) is 84.9 Å². The first-order valence-corrected chi connectivity index (χ1v) is 12.0. The zero-order valence-electron chi connectivity index (χ0n) is 20.4. The van der Waals surface area contributed by atoms with Gasteiger partial charge in [0.15, 0.2) is 0 Å². The van der Waals surface area contributed by atoms with Gasteiger partial charge in [0, 0.05) is 53.6 Å². The summed E-state index contributed by atoms with van der Waals surface area (Å²) in [5, 5.41) is 4.83. The van der Waals surface area contributed by atoms with E-state index in [1.165, 1.54) is 5.56 Å². The summed E-state index contributed by atoms with van der Waals surface area (Å²) in [6.07, 6.45) is 2.22. The highest BCUT2D eigenvalue weighted by Gasteiger charge is 2.18. The molecule has 182 valence electrons. The van der Waals surface area contributed by atoms with Gasteiger partial charge in [-0.05, 0) is 62.1 Å². The monoisotopic (exact) mass is 474 g/mol. The summed E-state index contributed by atoms with van der Waals surface area (Å²) in [5.41, 5.74) is 6.06. The Kier molecular flexibility index (Phi) is 6.45. The van der Waals surface area contributed by atoms with Crippen LogP contribution in [-0.2, 0) is 22.5 Å². The number of benzene rings is 2. The molecule has 1 N–H and O–H groups in total. The second kappa shape index (κ2) is 9.68. The lowest BCUT2D eigenvalue weighted by molar-refractivity contribution is -0.116. The van der Waals surface area contributed by atoms with Gasteiger partial charge in [0.05, 0.1) is 19.5 Å². The number of carbonyl (C=O) groups excluding carboxylic acids is 1. The lowest BCUT2D eigenvalue weighted by Gasteiger charge is -2.26. The predicted octanol–water partition coefficient (Wildman–Crippen LogP) is 4.87. The lowest BCUT2D eigenvalue weighted by atomic mass is 9.98. The van der Waals surface area contributed by atoms with E-state index < -0.39 is 5.63 Å². The van der Waals surface area contributed by atoms with Gasteiger partial charge in [0.25, 0.3) is 0 Å². The average Bonchev–Trinajstić information content (AvgIpc) is 3.22. The molecule has 7 heteroatoms. The van der Waals surface area contributed by atoms with Gasteiger partial charge in [-0.1, -0.05) is 12.1 Å². The summed E-state index contributed by atoms with van der Waals surface area (Å²) < 4.78 is 16.7. The van der Waals surface area contributed by atoms with Crippen LogP contribution in [0.2, 0.25) is 0 Å². The van der Waals surface area contributed by atoms with Gasteiger partial charge in [0.2, 0.25) is 5.91 Å². The Labute approximate surface area is 203 Å². The van der Waals surface area contributed by atoms with E-state index in [0.29, 0.717) is 17.6 Å². The molecule has 35 heavy (non-hydrogen) atoms. The normalized spacial score (nSPS) is 14.6. The van der Waals surface area contributed by atoms with Crippen LogP contribution in [0.4, 0.5) is 5.69 Å². The van der Waals surface area contributed by atoms with Crippen molar-refractivity contribution < 1.29 is 18.4 Å². The molecule has 4 aromatic rings. The average molecular weight is 475 g/mol. The minimum atomic E-state index is -0.402. The minimum Gasteiger partial charge on any atom is -0.464 e. The van der Waals surface area contributed by atoms with Crippen molar-refractivity contribution in [3.05, 3.63) is 74.8 Å². The van der Waals surface area contributed by atoms with Crippen molar-refractivity contribution in [1.29, 1.82) is 0 Å². The second-order valence-corrected chi connectivity index (χ2v) is 9.30. The first-order chi connectivity index (χ1) is 16.9. The fourth-order valence-electron chi connectivity index (χ4n) is 4.78. The molecule has 5 rings (SSSR count). The summed E-state index contributed by atoms with van der Waals surface area (Å²) >= 11 is 0. The van der Waals surface area contributed by atoms with Crippen molar-refractivity contribution in [2.45, 2.75) is 40.2 Å². The van der Waals surface area contributed by atoms with E-state index in [1.54, 1.807) is 6.26 Å². The number of hydrogen-bond donors (Lipinski definition) is 1. The molecule has 0 unspecified atom stereocenters. The summed E-state index contributed by atoms with van der Waals surface area (Å²) in [7, 11) is 0. The molecule has 3 heterocycles. The van der Waals surface area contributed by atoms with Crippen molar-refractivity contribution in [3.8, 4) is 0 Å². The quantitative estimate of drug-likeness (QED) is 0.402. The number of anilines is 1. The van der Waals surface area contributed by atoms with Crippen LogP contribution in [0.5, 0.6) is 0 Å². The zero-order valence-corrected chi connectivity index (χ0v) is 20.4. The number of nitrogens with one attached hydrogen (secondary N) is 1. The molecular weight excluding hydrogens is 444 g/mol. The van der Waals surface area contributed by atoms with Crippen LogP contribution in [0.15, 0.2) is 50.2 Å². The van der Waals surface area contributed by atoms with E-state index in [1.807, 2.05) is 51.1 Å². The Morgan fingerprint density at radius 1 is 1.00 bits per heavy atom. The van der Waals surface area contributed by atoms with Crippen molar-refractivity contribution in [2.75, 3.05) is 31.6 Å². The van der Waals surface area contributed by atoms with Crippen molar-refractivity contribution in [1.82, 2.24) is 4.90 Å². The highest BCUT2D eigenvalue weighted by Crippen LogP contribution is 2.32. The number of fused-ring (bicyclic) bond motifs is 2. The number of amides is 1. The predicted molar refractivity (Wildman–Crippen MR) is 136 cm³/mol. The molecule has 0 atom stereocenters. The third kappa shape index (κ3) is 4.74. The Morgan fingerprint density at radius 2 is 1.74 bits per heavy atom. The van der Waals surface area contributed by atoms with Crippen LogP contribution in [-0.4, -0.2) is 37.1 Å². The number of hydrogen-bond acceptors (Lipinski definition) is 6. The van der Waals surface area contributed by atoms with Crippen LogP contribution in [0, 0.1) is 20.8 Å². The van der Waals surface area contributed by atoms with Crippen molar-refractivity contribution in [2.24, 2.45) is 0 Å². The first kappa shape index (κ1) is 23.3. The molecule has 1 amide bonds. The third-order valence-corrected chi connectivity index (χ3v) is 6.88. The van der Waals surface area contributed by atoms with Gasteiger partial charge in [-0.3, -0.25) is 9.69 Å². The van der Waals surface area contributed by atoms with Crippen molar-refractivity contribution >= 4 is 33.5 Å². The largest absolute Gasteiger partial charge is 0.464 e. The molecule has 0 aliphatic carbocycles. The number of aryl methyl sites for hydroxylation is 3. The fourth-order valence-corrected chi connectivity index (χ4v) is 4.78. The van der Waals surface area contributed by atoms with Gasteiger partial charge in [0.1, 0.15) is 11.2 Å². The lowest BCUT2D eigenvalue weighted by Crippen LogP contribution is -2.35. The summed E-state index contributed by atoms with van der Waals surface area (Å²) in [6.45, 7) is 10.1. The molecule has 0 bridgehead atoms. The Morgan fingerprint density at radius 3 is 2.49 bits per heavy atom. The van der Waals surface area contributed by atoms with E-state index in [2.05, 4.69) is 10.2 Å². The second-order valence-electron chi connectivity index (χ2n) is 9.30. The SMILES string of the molecule is Cc1coc2c(C)c3oc(=O)c(CCC(=O)Nc4ccc(CN5CCOCC5)cc4)c(C)c3cc12. The van der Waals surface area contributed by atoms with Gasteiger partial charge < -0.3 is 18.9 Å². The van der Waals surface area contributed by atoms with Crippen LogP contribution in [0.25, 0.3) is 21.9 Å². The molecule has 2 aromatic heterocycles. The van der Waals surface area contributed by atoms with E-state index in [-0.39, 0.29) is 12.3 Å². The van der Waals surface area contributed by atoms with E-state index in [9.17, 15) is 9.59 Å². The number of carbonyl (C=O) groups is 1. The standard InChI is InChI=1S/C28H30N2O5/c1-17-16-34-26-19(3)27-24(14-23(17)26)18(2)22(28(32)35-27)8-9-25(31)29-21-6-4-20(5-7-21)15-30-10-12-33-13-11-30/h4-7,14,16H,8-13,15H2,1-3H3,(H,29,31). The van der Waals surface area contributed by atoms with Gasteiger partial charge >= 0.3 is 5.63 Å². The van der Waals surface area contributed by atoms with E-state index in [0.717, 1.165) is 71.6 Å². The molecule has 1 aliphatic rings. The minimum absolute atomic E-state index is 0.137. The van der Waals surface area contributed by atoms with Crippen LogP contribution >= 0.6 is 0 Å². The molecule has 0 spiro atoms. The smallest absolute Gasteiger partial charge is 0.339 e. The van der Waals surface area contributed by atoms with E-state index >= 15 is 0 Å². The maximum Gasteiger partial charge on any atom is 0.339 e. The maximum atomic E-state index is 12.8.